The van der Waals surface area contributed by atoms with Gasteiger partial charge in [-0.15, -0.1) is 0 Å². The number of aromatic nitrogens is 4. The monoisotopic (exact) mass is 339 g/mol. The summed E-state index contributed by atoms with van der Waals surface area (Å²) < 4.78 is 1.59. The van der Waals surface area contributed by atoms with Gasteiger partial charge in [0.2, 0.25) is 5.65 Å². The van der Waals surface area contributed by atoms with Gasteiger partial charge in [-0.2, -0.15) is 4.98 Å². The largest absolute Gasteiger partial charge is 0.480 e. The predicted octanol–water partition coefficient (Wildman–Crippen LogP) is 2.62. The molecule has 2 heterocycles. The highest BCUT2D eigenvalue weighted by Crippen LogP contribution is 2.27. The van der Waals surface area contributed by atoms with Gasteiger partial charge >= 0.3 is 0 Å². The molecule has 2 aromatic heterocycles. The molecule has 0 fully saturated rings. The molecule has 1 aromatic carbocycles. The summed E-state index contributed by atoms with van der Waals surface area (Å²) in [6, 6.07) is 9.37. The average molecular weight is 339 g/mol. The minimum atomic E-state index is -0.195. The number of imidazole rings is 1. The van der Waals surface area contributed by atoms with E-state index < -0.39 is 0 Å². The molecule has 1 amide bonds. The molecule has 0 bridgehead atoms. The van der Waals surface area contributed by atoms with Crippen molar-refractivity contribution in [1.82, 2.24) is 24.4 Å². The van der Waals surface area contributed by atoms with E-state index in [1.165, 1.54) is 6.20 Å². The average Bonchev–Trinajstić information content (AvgIpc) is 2.97. The van der Waals surface area contributed by atoms with E-state index in [0.717, 1.165) is 5.56 Å². The number of hydrogen-bond acceptors (Lipinski definition) is 5. The summed E-state index contributed by atoms with van der Waals surface area (Å²) in [6.07, 6.45) is 1.41. The molecule has 130 valence electrons. The van der Waals surface area contributed by atoms with Crippen LogP contribution in [0.1, 0.15) is 42.9 Å². The fourth-order valence-electron chi connectivity index (χ4n) is 2.87. The predicted molar refractivity (Wildman–Crippen MR) is 94.5 cm³/mol. The standard InChI is InChI=1S/C18H21N5O2/c1-4-22(5-2)17(24)14-11-19-15-16(20-14)23(18(25)21-15)12(3)13-9-7-6-8-10-13/h6-12H,4-5H2,1-3H3,(H,19,21,25). The third kappa shape index (κ3) is 3.05. The molecular formula is C18H21N5O2. The zero-order valence-electron chi connectivity index (χ0n) is 14.5. The van der Waals surface area contributed by atoms with E-state index >= 15 is 0 Å². The van der Waals surface area contributed by atoms with Crippen molar-refractivity contribution in [1.29, 1.82) is 0 Å². The van der Waals surface area contributed by atoms with E-state index in [-0.39, 0.29) is 23.7 Å². The minimum Gasteiger partial charge on any atom is -0.480 e. The van der Waals surface area contributed by atoms with Crippen LogP contribution in [0.3, 0.4) is 0 Å². The Hall–Kier alpha value is -2.96. The molecule has 3 aromatic rings. The van der Waals surface area contributed by atoms with Crippen molar-refractivity contribution in [2.75, 3.05) is 13.1 Å². The summed E-state index contributed by atoms with van der Waals surface area (Å²) in [5, 5.41) is 10.3. The number of rotatable bonds is 5. The van der Waals surface area contributed by atoms with Crippen molar-refractivity contribution >= 4 is 17.2 Å². The molecule has 3 rings (SSSR count). The van der Waals surface area contributed by atoms with Gasteiger partial charge in [-0.05, 0) is 26.3 Å². The Balaban J connectivity index is 2.09. The van der Waals surface area contributed by atoms with Gasteiger partial charge in [-0.1, -0.05) is 30.3 Å². The van der Waals surface area contributed by atoms with Crippen LogP contribution in [-0.2, 0) is 0 Å². The molecule has 1 N–H and O–H groups in total. The zero-order valence-corrected chi connectivity index (χ0v) is 14.5. The van der Waals surface area contributed by atoms with E-state index in [1.54, 1.807) is 9.47 Å². The second-order valence-corrected chi connectivity index (χ2v) is 5.75. The van der Waals surface area contributed by atoms with Crippen LogP contribution in [0.5, 0.6) is 6.01 Å². The maximum Gasteiger partial charge on any atom is 0.298 e. The molecular weight excluding hydrogens is 318 g/mol. The second-order valence-electron chi connectivity index (χ2n) is 5.75. The number of carbonyl (C=O) groups excluding carboxylic acids is 1. The first-order valence-corrected chi connectivity index (χ1v) is 8.35. The van der Waals surface area contributed by atoms with Crippen molar-refractivity contribution in [3.8, 4) is 6.01 Å². The van der Waals surface area contributed by atoms with Crippen LogP contribution < -0.4 is 0 Å². The number of amides is 1. The molecule has 0 spiro atoms. The van der Waals surface area contributed by atoms with Crippen LogP contribution in [-0.4, -0.2) is 48.5 Å². The van der Waals surface area contributed by atoms with Crippen LogP contribution >= 0.6 is 0 Å². The van der Waals surface area contributed by atoms with Crippen LogP contribution in [0.15, 0.2) is 36.5 Å². The van der Waals surface area contributed by atoms with Crippen molar-refractivity contribution in [2.24, 2.45) is 0 Å². The van der Waals surface area contributed by atoms with Crippen molar-refractivity contribution < 1.29 is 9.90 Å². The van der Waals surface area contributed by atoms with E-state index in [9.17, 15) is 9.90 Å². The van der Waals surface area contributed by atoms with E-state index in [0.29, 0.717) is 24.4 Å². The van der Waals surface area contributed by atoms with Gasteiger partial charge in [0.15, 0.2) is 5.65 Å². The van der Waals surface area contributed by atoms with Gasteiger partial charge < -0.3 is 10.0 Å². The molecule has 0 saturated carbocycles. The summed E-state index contributed by atoms with van der Waals surface area (Å²) in [5.41, 5.74) is 1.96. The van der Waals surface area contributed by atoms with Crippen molar-refractivity contribution in [2.45, 2.75) is 26.8 Å². The second kappa shape index (κ2) is 6.88. The lowest BCUT2D eigenvalue weighted by Crippen LogP contribution is -2.31. The molecule has 0 saturated heterocycles. The molecule has 7 nitrogen and oxygen atoms in total. The number of benzene rings is 1. The fraction of sp³-hybridized carbons (Fsp3) is 0.333. The first kappa shape index (κ1) is 16.9. The topological polar surface area (TPSA) is 84.1 Å². The maximum atomic E-state index is 12.5. The van der Waals surface area contributed by atoms with Gasteiger partial charge in [0, 0.05) is 13.1 Å². The summed E-state index contributed by atoms with van der Waals surface area (Å²) in [6.45, 7) is 6.97. The first-order valence-electron chi connectivity index (χ1n) is 8.35. The number of aromatic hydroxyl groups is 1. The summed E-state index contributed by atoms with van der Waals surface area (Å²) in [5.74, 6) is -0.181. The highest BCUT2D eigenvalue weighted by atomic mass is 16.3. The zero-order chi connectivity index (χ0) is 18.0. The molecule has 0 aliphatic heterocycles. The Morgan fingerprint density at radius 3 is 2.52 bits per heavy atom. The van der Waals surface area contributed by atoms with Gasteiger partial charge in [0.1, 0.15) is 5.69 Å². The van der Waals surface area contributed by atoms with Crippen LogP contribution in [0, 0.1) is 0 Å². The molecule has 25 heavy (non-hydrogen) atoms. The minimum absolute atomic E-state index is 0.168. The molecule has 1 unspecified atom stereocenters. The number of nitrogens with zero attached hydrogens (tertiary/aromatic N) is 5. The first-order chi connectivity index (χ1) is 12.1. The Kier molecular flexibility index (Phi) is 4.65. The maximum absolute atomic E-state index is 12.5. The van der Waals surface area contributed by atoms with E-state index in [1.807, 2.05) is 51.1 Å². The molecule has 0 aliphatic carbocycles. The van der Waals surface area contributed by atoms with Crippen LogP contribution in [0.2, 0.25) is 0 Å². The normalized spacial score (nSPS) is 12.3. The highest BCUT2D eigenvalue weighted by Gasteiger charge is 2.22. The number of hydrogen-bond donors (Lipinski definition) is 1. The van der Waals surface area contributed by atoms with Gasteiger partial charge in [0.05, 0.1) is 12.2 Å². The highest BCUT2D eigenvalue weighted by molar-refractivity contribution is 5.93. The summed E-state index contributed by atoms with van der Waals surface area (Å²) >= 11 is 0. The van der Waals surface area contributed by atoms with Crippen molar-refractivity contribution in [3.63, 3.8) is 0 Å². The lowest BCUT2D eigenvalue weighted by atomic mass is 10.1. The Morgan fingerprint density at radius 2 is 1.88 bits per heavy atom. The molecule has 7 heteroatoms. The lowest BCUT2D eigenvalue weighted by Gasteiger charge is -2.18. The van der Waals surface area contributed by atoms with Crippen LogP contribution in [0.4, 0.5) is 0 Å². The molecule has 0 aliphatic rings. The smallest absolute Gasteiger partial charge is 0.298 e. The Morgan fingerprint density at radius 1 is 1.20 bits per heavy atom. The van der Waals surface area contributed by atoms with E-state index in [2.05, 4.69) is 15.0 Å². The Labute approximate surface area is 146 Å². The van der Waals surface area contributed by atoms with Gasteiger partial charge in [-0.25, -0.2) is 9.97 Å². The van der Waals surface area contributed by atoms with Gasteiger partial charge in [0.25, 0.3) is 11.9 Å². The number of carbonyl (C=O) groups is 1. The van der Waals surface area contributed by atoms with E-state index in [4.69, 9.17) is 0 Å². The number of fused-ring (bicyclic) bond motifs is 1. The molecule has 0 radical (unpaired) electrons. The quantitative estimate of drug-likeness (QED) is 0.772. The molecule has 1 atom stereocenters. The lowest BCUT2D eigenvalue weighted by molar-refractivity contribution is 0.0767. The summed E-state index contributed by atoms with van der Waals surface area (Å²) in [4.78, 5) is 26.9. The summed E-state index contributed by atoms with van der Waals surface area (Å²) in [7, 11) is 0. The third-order valence-electron chi connectivity index (χ3n) is 4.32. The van der Waals surface area contributed by atoms with Gasteiger partial charge in [-0.3, -0.25) is 9.36 Å². The van der Waals surface area contributed by atoms with Crippen molar-refractivity contribution in [3.05, 3.63) is 47.8 Å². The fourth-order valence-corrected chi connectivity index (χ4v) is 2.87. The third-order valence-corrected chi connectivity index (χ3v) is 4.32. The Bertz CT molecular complexity index is 887. The SMILES string of the molecule is CCN(CC)C(=O)c1cnc2nc(O)n(C(C)c3ccccc3)c2n1. The van der Waals surface area contributed by atoms with Crippen LogP contribution in [0.25, 0.3) is 11.3 Å².